The number of halogens is 2. The molecular weight excluding hydrogens is 448 g/mol. The molecule has 26 heavy (non-hydrogen) atoms. The van der Waals surface area contributed by atoms with Crippen molar-refractivity contribution >= 4 is 35.9 Å². The number of nitrogens with zero attached hydrogens (tertiary/aromatic N) is 2. The predicted molar refractivity (Wildman–Crippen MR) is 112 cm³/mol. The van der Waals surface area contributed by atoms with Crippen LogP contribution in [0.25, 0.3) is 0 Å². The van der Waals surface area contributed by atoms with Gasteiger partial charge in [0.25, 0.3) is 0 Å². The van der Waals surface area contributed by atoms with E-state index in [4.69, 9.17) is 4.74 Å². The minimum Gasteiger partial charge on any atom is -0.469 e. The quantitative estimate of drug-likeness (QED) is 0.314. The van der Waals surface area contributed by atoms with Gasteiger partial charge in [-0.15, -0.1) is 24.0 Å². The zero-order chi connectivity index (χ0) is 18.6. The number of guanidine groups is 1. The third-order valence-electron chi connectivity index (χ3n) is 4.94. The van der Waals surface area contributed by atoms with Crippen LogP contribution in [0.1, 0.15) is 26.3 Å². The molecule has 1 saturated heterocycles. The van der Waals surface area contributed by atoms with E-state index in [1.165, 1.54) is 19.2 Å². The molecule has 1 fully saturated rings. The lowest BCUT2D eigenvalue weighted by Crippen LogP contribution is -2.45. The number of carbonyl (C=O) groups is 1. The van der Waals surface area contributed by atoms with Gasteiger partial charge in [-0.25, -0.2) is 4.39 Å². The van der Waals surface area contributed by atoms with Crippen LogP contribution in [0, 0.1) is 17.7 Å². The van der Waals surface area contributed by atoms with E-state index < -0.39 is 0 Å². The zero-order valence-electron chi connectivity index (χ0n) is 16.1. The number of esters is 1. The summed E-state index contributed by atoms with van der Waals surface area (Å²) in [5, 5.41) is 3.39. The highest BCUT2D eigenvalue weighted by Crippen LogP contribution is 2.25. The molecule has 1 heterocycles. The molecule has 7 heteroatoms. The Morgan fingerprint density at radius 1 is 1.35 bits per heavy atom. The third-order valence-corrected chi connectivity index (χ3v) is 4.94. The van der Waals surface area contributed by atoms with Crippen molar-refractivity contribution in [1.82, 2.24) is 10.2 Å². The van der Waals surface area contributed by atoms with E-state index in [2.05, 4.69) is 36.0 Å². The Kier molecular flexibility index (Phi) is 8.30. The molecular formula is C19H29FIN3O2. The molecule has 0 saturated carbocycles. The van der Waals surface area contributed by atoms with E-state index in [1.807, 2.05) is 12.1 Å². The Bertz CT molecular complexity index is 634. The van der Waals surface area contributed by atoms with Gasteiger partial charge in [0.15, 0.2) is 5.96 Å². The van der Waals surface area contributed by atoms with Crippen LogP contribution < -0.4 is 5.32 Å². The fourth-order valence-electron chi connectivity index (χ4n) is 3.23. The van der Waals surface area contributed by atoms with Crippen molar-refractivity contribution in [3.05, 3.63) is 35.6 Å². The van der Waals surface area contributed by atoms with Gasteiger partial charge >= 0.3 is 5.97 Å². The summed E-state index contributed by atoms with van der Waals surface area (Å²) in [5.74, 6) is 0.457. The average Bonchev–Trinajstić information content (AvgIpc) is 2.96. The van der Waals surface area contributed by atoms with E-state index in [0.717, 1.165) is 18.1 Å². The largest absolute Gasteiger partial charge is 0.469 e. The van der Waals surface area contributed by atoms with Crippen molar-refractivity contribution in [3.8, 4) is 0 Å². The monoisotopic (exact) mass is 477 g/mol. The summed E-state index contributed by atoms with van der Waals surface area (Å²) in [6, 6.07) is 6.58. The smallest absolute Gasteiger partial charge is 0.310 e. The van der Waals surface area contributed by atoms with Crippen LogP contribution in [-0.4, -0.2) is 50.6 Å². The summed E-state index contributed by atoms with van der Waals surface area (Å²) in [6.45, 7) is 8.27. The second kappa shape index (κ2) is 9.53. The molecule has 0 aromatic heterocycles. The molecule has 2 rings (SSSR count). The minimum atomic E-state index is -0.233. The van der Waals surface area contributed by atoms with Crippen molar-refractivity contribution in [1.29, 1.82) is 0 Å². The molecule has 1 aliphatic heterocycles. The first-order valence-electron chi connectivity index (χ1n) is 8.58. The lowest BCUT2D eigenvalue weighted by molar-refractivity contribution is -0.145. The van der Waals surface area contributed by atoms with Gasteiger partial charge in [0.05, 0.1) is 13.0 Å². The second-order valence-electron chi connectivity index (χ2n) is 7.30. The van der Waals surface area contributed by atoms with Crippen molar-refractivity contribution < 1.29 is 13.9 Å². The predicted octanol–water partition coefficient (Wildman–Crippen LogP) is 3.04. The highest BCUT2D eigenvalue weighted by molar-refractivity contribution is 14.0. The number of hydrogen-bond donors (Lipinski definition) is 1. The summed E-state index contributed by atoms with van der Waals surface area (Å²) >= 11 is 0. The number of nitrogens with one attached hydrogen (secondary N) is 1. The Hall–Kier alpha value is -1.38. The van der Waals surface area contributed by atoms with Crippen LogP contribution in [-0.2, 0) is 14.9 Å². The van der Waals surface area contributed by atoms with Crippen molar-refractivity contribution in [2.75, 3.05) is 33.8 Å². The van der Waals surface area contributed by atoms with Gasteiger partial charge in [-0.2, -0.15) is 0 Å². The van der Waals surface area contributed by atoms with E-state index in [-0.39, 0.29) is 53.0 Å². The number of benzene rings is 1. The number of methoxy groups -OCH3 is 1. The van der Waals surface area contributed by atoms with Crippen LogP contribution in [0.5, 0.6) is 0 Å². The summed E-state index contributed by atoms with van der Waals surface area (Å²) in [7, 11) is 3.17. The molecule has 1 aromatic carbocycles. The summed E-state index contributed by atoms with van der Waals surface area (Å²) < 4.78 is 18.0. The zero-order valence-corrected chi connectivity index (χ0v) is 18.4. The van der Waals surface area contributed by atoms with E-state index in [0.29, 0.717) is 13.1 Å². The van der Waals surface area contributed by atoms with Gasteiger partial charge < -0.3 is 15.0 Å². The topological polar surface area (TPSA) is 53.9 Å². The first kappa shape index (κ1) is 22.7. The fourth-order valence-corrected chi connectivity index (χ4v) is 3.23. The maximum atomic E-state index is 13.1. The van der Waals surface area contributed by atoms with Crippen molar-refractivity contribution in [2.45, 2.75) is 26.2 Å². The summed E-state index contributed by atoms with van der Waals surface area (Å²) in [6.07, 6.45) is 0. The molecule has 5 nitrogen and oxygen atoms in total. The molecule has 1 N–H and O–H groups in total. The Labute approximate surface area is 172 Å². The first-order chi connectivity index (χ1) is 11.8. The molecule has 1 aliphatic rings. The van der Waals surface area contributed by atoms with Crippen LogP contribution in [0.3, 0.4) is 0 Å². The molecule has 0 radical (unpaired) electrons. The SMILES string of the molecule is CN=C(NCC(C)(C)c1ccc(F)cc1)N1CC(C)C(C(=O)OC)C1.I. The Morgan fingerprint density at radius 2 is 1.96 bits per heavy atom. The lowest BCUT2D eigenvalue weighted by Gasteiger charge is -2.29. The third kappa shape index (κ3) is 5.31. The molecule has 2 unspecified atom stereocenters. The van der Waals surface area contributed by atoms with Gasteiger partial charge in [0, 0.05) is 32.1 Å². The lowest BCUT2D eigenvalue weighted by atomic mass is 9.84. The molecule has 0 spiro atoms. The summed E-state index contributed by atoms with van der Waals surface area (Å²) in [5.41, 5.74) is 0.871. The molecule has 2 atom stereocenters. The number of hydrogen-bond acceptors (Lipinski definition) is 3. The highest BCUT2D eigenvalue weighted by atomic mass is 127. The van der Waals surface area contributed by atoms with Gasteiger partial charge in [0.2, 0.25) is 0 Å². The number of rotatable bonds is 4. The van der Waals surface area contributed by atoms with Gasteiger partial charge in [-0.05, 0) is 23.6 Å². The molecule has 0 bridgehead atoms. The Balaban J connectivity index is 0.00000338. The van der Waals surface area contributed by atoms with Crippen LogP contribution in [0.15, 0.2) is 29.3 Å². The molecule has 0 amide bonds. The van der Waals surface area contributed by atoms with E-state index in [9.17, 15) is 9.18 Å². The molecule has 0 aliphatic carbocycles. The highest BCUT2D eigenvalue weighted by Gasteiger charge is 2.37. The minimum absolute atomic E-state index is 0. The average molecular weight is 477 g/mol. The van der Waals surface area contributed by atoms with Gasteiger partial charge in [-0.3, -0.25) is 9.79 Å². The number of likely N-dealkylation sites (tertiary alicyclic amines) is 1. The fraction of sp³-hybridized carbons (Fsp3) is 0.579. The molecule has 146 valence electrons. The Morgan fingerprint density at radius 3 is 2.50 bits per heavy atom. The van der Waals surface area contributed by atoms with Crippen molar-refractivity contribution in [3.63, 3.8) is 0 Å². The van der Waals surface area contributed by atoms with Gasteiger partial charge in [-0.1, -0.05) is 32.9 Å². The van der Waals surface area contributed by atoms with Crippen LogP contribution in [0.4, 0.5) is 4.39 Å². The summed E-state index contributed by atoms with van der Waals surface area (Å²) in [4.78, 5) is 18.3. The second-order valence-corrected chi connectivity index (χ2v) is 7.30. The van der Waals surface area contributed by atoms with Crippen molar-refractivity contribution in [2.24, 2.45) is 16.8 Å². The van der Waals surface area contributed by atoms with Gasteiger partial charge in [0.1, 0.15) is 5.82 Å². The first-order valence-corrected chi connectivity index (χ1v) is 8.58. The standard InChI is InChI=1S/C19H28FN3O2.HI/c1-13-10-23(11-16(13)17(24)25-5)18(21-4)22-12-19(2,3)14-6-8-15(20)9-7-14;/h6-9,13,16H,10-12H2,1-5H3,(H,21,22);1H. The molecule has 1 aromatic rings. The number of aliphatic imine (C=N–C) groups is 1. The van der Waals surface area contributed by atoms with E-state index in [1.54, 1.807) is 7.05 Å². The number of ether oxygens (including phenoxy) is 1. The number of carbonyl (C=O) groups excluding carboxylic acids is 1. The van der Waals surface area contributed by atoms with Crippen LogP contribution >= 0.6 is 24.0 Å². The maximum Gasteiger partial charge on any atom is 0.310 e. The van der Waals surface area contributed by atoms with Crippen LogP contribution in [0.2, 0.25) is 0 Å². The maximum absolute atomic E-state index is 13.1. The normalized spacial score (nSPS) is 20.5. The van der Waals surface area contributed by atoms with E-state index >= 15 is 0 Å².